The average Bonchev–Trinajstić information content (AvgIpc) is 3.27. The van der Waals surface area contributed by atoms with Crippen molar-refractivity contribution in [2.75, 3.05) is 23.1 Å². The molecule has 0 aromatic heterocycles. The van der Waals surface area contributed by atoms with Crippen LogP contribution < -0.4 is 9.62 Å². The van der Waals surface area contributed by atoms with Gasteiger partial charge in [-0.05, 0) is 57.2 Å². The highest BCUT2D eigenvalue weighted by Gasteiger charge is 2.27. The number of nitrogens with one attached hydrogen (secondary N) is 1. The first-order valence-electron chi connectivity index (χ1n) is 7.89. The van der Waals surface area contributed by atoms with Crippen molar-refractivity contribution in [1.82, 2.24) is 5.32 Å². The lowest BCUT2D eigenvalue weighted by Crippen LogP contribution is -2.37. The molecular formula is C16H24N2O2S. The maximum Gasteiger partial charge on any atom is 0.235 e. The maximum absolute atomic E-state index is 12.6. The zero-order valence-corrected chi connectivity index (χ0v) is 13.5. The molecule has 4 nitrogen and oxygen atoms in total. The van der Waals surface area contributed by atoms with Crippen molar-refractivity contribution in [3.05, 3.63) is 29.3 Å². The van der Waals surface area contributed by atoms with E-state index in [0.29, 0.717) is 19.0 Å². The minimum atomic E-state index is -3.19. The normalized spacial score (nSPS) is 18.6. The van der Waals surface area contributed by atoms with E-state index in [1.54, 1.807) is 4.31 Å². The number of fused-ring (bicyclic) bond motifs is 1. The Bertz CT molecular complexity index is 609. The molecule has 3 rings (SSSR count). The molecule has 1 aliphatic heterocycles. The summed E-state index contributed by atoms with van der Waals surface area (Å²) in [5.41, 5.74) is 3.25. The third-order valence-electron chi connectivity index (χ3n) is 4.24. The predicted molar refractivity (Wildman–Crippen MR) is 86.3 cm³/mol. The molecule has 0 atom stereocenters. The first-order chi connectivity index (χ1) is 10.1. The molecule has 0 bridgehead atoms. The van der Waals surface area contributed by atoms with Crippen LogP contribution in [-0.2, 0) is 16.4 Å². The van der Waals surface area contributed by atoms with Crippen LogP contribution in [0.3, 0.4) is 0 Å². The summed E-state index contributed by atoms with van der Waals surface area (Å²) in [6, 6.07) is 6.72. The van der Waals surface area contributed by atoms with Gasteiger partial charge in [0, 0.05) is 12.6 Å². The van der Waals surface area contributed by atoms with Gasteiger partial charge in [-0.15, -0.1) is 0 Å². The molecule has 0 unspecified atom stereocenters. The van der Waals surface area contributed by atoms with Gasteiger partial charge in [0.15, 0.2) is 0 Å². The van der Waals surface area contributed by atoms with Crippen LogP contribution >= 0.6 is 0 Å². The highest BCUT2D eigenvalue weighted by Crippen LogP contribution is 2.30. The van der Waals surface area contributed by atoms with Crippen LogP contribution in [-0.4, -0.2) is 33.3 Å². The largest absolute Gasteiger partial charge is 0.314 e. The molecule has 21 heavy (non-hydrogen) atoms. The van der Waals surface area contributed by atoms with Crippen molar-refractivity contribution in [3.63, 3.8) is 0 Å². The Balaban J connectivity index is 1.67. The fourth-order valence-corrected chi connectivity index (χ4v) is 4.55. The number of anilines is 1. The van der Waals surface area contributed by atoms with Gasteiger partial charge < -0.3 is 5.32 Å². The van der Waals surface area contributed by atoms with Crippen molar-refractivity contribution >= 4 is 15.7 Å². The molecule has 0 saturated heterocycles. The fourth-order valence-electron chi connectivity index (χ4n) is 2.94. The van der Waals surface area contributed by atoms with E-state index >= 15 is 0 Å². The number of nitrogens with zero attached hydrogens (tertiary/aromatic N) is 1. The molecule has 1 aromatic carbocycles. The molecule has 1 aliphatic carbocycles. The molecule has 0 radical (unpaired) electrons. The minimum absolute atomic E-state index is 0.236. The molecule has 0 spiro atoms. The number of hydrogen-bond donors (Lipinski definition) is 1. The second-order valence-corrected chi connectivity index (χ2v) is 8.22. The van der Waals surface area contributed by atoms with E-state index in [9.17, 15) is 8.42 Å². The smallest absolute Gasteiger partial charge is 0.235 e. The second kappa shape index (κ2) is 5.97. The highest BCUT2D eigenvalue weighted by molar-refractivity contribution is 7.92. The first-order valence-corrected chi connectivity index (χ1v) is 9.50. The lowest BCUT2D eigenvalue weighted by atomic mass is 10.0. The maximum atomic E-state index is 12.6. The lowest BCUT2D eigenvalue weighted by Gasteiger charge is -2.30. The minimum Gasteiger partial charge on any atom is -0.314 e. The Morgan fingerprint density at radius 3 is 2.90 bits per heavy atom. The van der Waals surface area contributed by atoms with Gasteiger partial charge in [-0.2, -0.15) is 0 Å². The molecule has 1 saturated carbocycles. The molecule has 116 valence electrons. The molecule has 2 aliphatic rings. The fraction of sp³-hybridized carbons (Fsp3) is 0.625. The Labute approximate surface area is 127 Å². The van der Waals surface area contributed by atoms with Crippen molar-refractivity contribution < 1.29 is 8.42 Å². The van der Waals surface area contributed by atoms with E-state index in [1.807, 2.05) is 12.1 Å². The Morgan fingerprint density at radius 1 is 1.33 bits per heavy atom. The van der Waals surface area contributed by atoms with E-state index < -0.39 is 10.0 Å². The van der Waals surface area contributed by atoms with Crippen LogP contribution in [0.1, 0.15) is 36.8 Å². The van der Waals surface area contributed by atoms with Crippen molar-refractivity contribution in [3.8, 4) is 0 Å². The summed E-state index contributed by atoms with van der Waals surface area (Å²) in [5, 5.41) is 3.38. The Morgan fingerprint density at radius 2 is 2.14 bits per heavy atom. The second-order valence-electron chi connectivity index (χ2n) is 6.21. The van der Waals surface area contributed by atoms with Crippen LogP contribution in [0.5, 0.6) is 0 Å². The van der Waals surface area contributed by atoms with E-state index in [1.165, 1.54) is 24.0 Å². The van der Waals surface area contributed by atoms with Gasteiger partial charge in [0.1, 0.15) is 0 Å². The Hall–Kier alpha value is -1.07. The molecule has 0 amide bonds. The van der Waals surface area contributed by atoms with Gasteiger partial charge in [-0.1, -0.05) is 17.7 Å². The van der Waals surface area contributed by atoms with E-state index in [4.69, 9.17) is 0 Å². The highest BCUT2D eigenvalue weighted by atomic mass is 32.2. The van der Waals surface area contributed by atoms with E-state index in [2.05, 4.69) is 18.3 Å². The third-order valence-corrected chi connectivity index (χ3v) is 6.09. The van der Waals surface area contributed by atoms with Gasteiger partial charge in [0.2, 0.25) is 10.0 Å². The number of sulfonamides is 1. The zero-order chi connectivity index (χ0) is 14.9. The molecule has 5 heteroatoms. The summed E-state index contributed by atoms with van der Waals surface area (Å²) < 4.78 is 26.8. The number of rotatable bonds is 6. The molecule has 1 heterocycles. The summed E-state index contributed by atoms with van der Waals surface area (Å²) in [4.78, 5) is 0. The third kappa shape index (κ3) is 3.58. The molecular weight excluding hydrogens is 284 g/mol. The van der Waals surface area contributed by atoms with Crippen molar-refractivity contribution in [2.24, 2.45) is 0 Å². The summed E-state index contributed by atoms with van der Waals surface area (Å²) in [5.74, 6) is 0.236. The Kier molecular flexibility index (Phi) is 4.22. The zero-order valence-electron chi connectivity index (χ0n) is 12.6. The summed E-state index contributed by atoms with van der Waals surface area (Å²) in [7, 11) is -3.19. The monoisotopic (exact) mass is 308 g/mol. The summed E-state index contributed by atoms with van der Waals surface area (Å²) in [6.07, 6.45) is 5.07. The van der Waals surface area contributed by atoms with Crippen molar-refractivity contribution in [1.29, 1.82) is 0 Å². The van der Waals surface area contributed by atoms with Gasteiger partial charge in [0.25, 0.3) is 0 Å². The quantitative estimate of drug-likeness (QED) is 0.820. The van der Waals surface area contributed by atoms with Gasteiger partial charge in [-0.25, -0.2) is 8.42 Å². The molecule has 1 fully saturated rings. The van der Waals surface area contributed by atoms with Gasteiger partial charge in [-0.3, -0.25) is 4.31 Å². The van der Waals surface area contributed by atoms with Gasteiger partial charge in [0.05, 0.1) is 11.4 Å². The standard InChI is InChI=1S/C16H24N2O2S/c1-13-5-8-16-14(12-13)4-2-10-18(16)21(19,20)11-3-9-17-15-6-7-15/h5,8,12,15,17H,2-4,6-7,9-11H2,1H3. The topological polar surface area (TPSA) is 49.4 Å². The number of hydrogen-bond acceptors (Lipinski definition) is 3. The average molecular weight is 308 g/mol. The molecule has 1 aromatic rings. The van der Waals surface area contributed by atoms with Crippen LogP contribution in [0.25, 0.3) is 0 Å². The van der Waals surface area contributed by atoms with Crippen LogP contribution in [0, 0.1) is 6.92 Å². The van der Waals surface area contributed by atoms with Crippen LogP contribution in [0.4, 0.5) is 5.69 Å². The van der Waals surface area contributed by atoms with Crippen molar-refractivity contribution in [2.45, 2.75) is 45.1 Å². The summed E-state index contributed by atoms with van der Waals surface area (Å²) in [6.45, 7) is 3.48. The SMILES string of the molecule is Cc1ccc2c(c1)CCCN2S(=O)(=O)CCCNC1CC1. The van der Waals surface area contributed by atoms with E-state index in [-0.39, 0.29) is 5.75 Å². The predicted octanol–water partition coefficient (Wildman–Crippen LogP) is 2.22. The van der Waals surface area contributed by atoms with Crippen LogP contribution in [0.15, 0.2) is 18.2 Å². The first kappa shape index (κ1) is 14.9. The van der Waals surface area contributed by atoms with Gasteiger partial charge >= 0.3 is 0 Å². The molecule has 1 N–H and O–H groups in total. The lowest BCUT2D eigenvalue weighted by molar-refractivity contribution is 0.579. The van der Waals surface area contributed by atoms with E-state index in [0.717, 1.165) is 25.1 Å². The summed E-state index contributed by atoms with van der Waals surface area (Å²) >= 11 is 0. The number of aryl methyl sites for hydroxylation is 2. The van der Waals surface area contributed by atoms with Crippen LogP contribution in [0.2, 0.25) is 0 Å². The number of benzene rings is 1.